The van der Waals surface area contributed by atoms with Crippen molar-refractivity contribution < 1.29 is 18.6 Å². The van der Waals surface area contributed by atoms with E-state index in [0.717, 1.165) is 28.0 Å². The lowest BCUT2D eigenvalue weighted by Crippen LogP contribution is -2.41. The van der Waals surface area contributed by atoms with Gasteiger partial charge >= 0.3 is 14.2 Å². The second kappa shape index (κ2) is 10.5. The fourth-order valence-corrected chi connectivity index (χ4v) is 8.29. The van der Waals surface area contributed by atoms with Gasteiger partial charge in [0.15, 0.2) is 0 Å². The van der Waals surface area contributed by atoms with Crippen LogP contribution in [0.5, 0.6) is 0 Å². The molecule has 3 heterocycles. The van der Waals surface area contributed by atoms with Gasteiger partial charge in [0.2, 0.25) is 0 Å². The van der Waals surface area contributed by atoms with E-state index in [1.807, 2.05) is 0 Å². The zero-order chi connectivity index (χ0) is 34.8. The first-order valence-corrected chi connectivity index (χ1v) is 17.8. The van der Waals surface area contributed by atoms with Crippen LogP contribution in [0.4, 0.5) is 17.1 Å². The largest absolute Gasteiger partial charge is 0.494 e. The van der Waals surface area contributed by atoms with Gasteiger partial charge in [0.25, 0.3) is 0 Å². The molecule has 0 radical (unpaired) electrons. The third-order valence-electron chi connectivity index (χ3n) is 12.3. The highest BCUT2D eigenvalue weighted by atomic mass is 16.7. The van der Waals surface area contributed by atoms with Crippen LogP contribution in [0.3, 0.4) is 0 Å². The monoisotopic (exact) mass is 659 g/mol. The van der Waals surface area contributed by atoms with Crippen molar-refractivity contribution in [1.29, 1.82) is 0 Å². The molecule has 0 N–H and O–H groups in total. The number of rotatable bonds is 3. The highest BCUT2D eigenvalue weighted by Gasteiger charge is 2.56. The normalized spacial score (nSPS) is 21.2. The molecule has 0 saturated carbocycles. The maximum atomic E-state index is 6.64. The van der Waals surface area contributed by atoms with Crippen molar-refractivity contribution in [2.45, 2.75) is 83.2 Å². The Morgan fingerprint density at radius 2 is 0.800 bits per heavy atom. The van der Waals surface area contributed by atoms with Crippen molar-refractivity contribution in [3.63, 3.8) is 0 Å². The summed E-state index contributed by atoms with van der Waals surface area (Å²) in [6.45, 7) is 16.9. The summed E-state index contributed by atoms with van der Waals surface area (Å²) in [4.78, 5) is 2.41. The van der Waals surface area contributed by atoms with Gasteiger partial charge in [0, 0.05) is 5.69 Å². The molecule has 0 aromatic heterocycles. The van der Waals surface area contributed by atoms with Crippen LogP contribution in [0.15, 0.2) is 115 Å². The van der Waals surface area contributed by atoms with Gasteiger partial charge in [-0.1, -0.05) is 91.0 Å². The minimum absolute atomic E-state index is 0.449. The van der Waals surface area contributed by atoms with E-state index in [9.17, 15) is 0 Å². The Labute approximate surface area is 296 Å². The molecular formula is C43H43B2NO4. The zero-order valence-electron chi connectivity index (χ0n) is 30.2. The average Bonchev–Trinajstić information content (AvgIpc) is 3.59. The Balaban J connectivity index is 1.33. The maximum absolute atomic E-state index is 6.64. The predicted molar refractivity (Wildman–Crippen MR) is 203 cm³/mol. The smallest absolute Gasteiger partial charge is 0.399 e. The van der Waals surface area contributed by atoms with E-state index >= 15 is 0 Å². The molecule has 4 aliphatic rings. The molecule has 3 aliphatic heterocycles. The summed E-state index contributed by atoms with van der Waals surface area (Å²) in [7, 11) is -0.970. The average molecular weight is 659 g/mol. The minimum Gasteiger partial charge on any atom is -0.399 e. The van der Waals surface area contributed by atoms with Gasteiger partial charge in [-0.2, -0.15) is 0 Å². The summed E-state index contributed by atoms with van der Waals surface area (Å²) in [5, 5.41) is 0. The van der Waals surface area contributed by atoms with Gasteiger partial charge in [-0.25, -0.2) is 0 Å². The Kier molecular flexibility index (Phi) is 6.66. The van der Waals surface area contributed by atoms with Crippen LogP contribution in [-0.2, 0) is 24.0 Å². The molecule has 2 saturated heterocycles. The zero-order valence-corrected chi connectivity index (χ0v) is 30.2. The van der Waals surface area contributed by atoms with E-state index in [4.69, 9.17) is 18.6 Å². The van der Waals surface area contributed by atoms with E-state index in [0.29, 0.717) is 0 Å². The SMILES string of the molecule is CC1(C)OB(c2ccc3c(c2)C2(c4cc(B5OC(C)(C)C(C)(C)O5)ccc4-3)c3ccccc3N(c3ccccc3)c3ccccc32)OC1(C)C. The molecule has 5 nitrogen and oxygen atoms in total. The number of anilines is 3. The van der Waals surface area contributed by atoms with E-state index in [1.165, 1.54) is 33.4 Å². The summed E-state index contributed by atoms with van der Waals surface area (Å²) in [5.74, 6) is 0. The lowest BCUT2D eigenvalue weighted by Gasteiger charge is -2.45. The van der Waals surface area contributed by atoms with E-state index in [2.05, 4.69) is 176 Å². The lowest BCUT2D eigenvalue weighted by atomic mass is 9.62. The van der Waals surface area contributed by atoms with Crippen molar-refractivity contribution >= 4 is 42.2 Å². The van der Waals surface area contributed by atoms with Crippen molar-refractivity contribution in [3.8, 4) is 11.1 Å². The topological polar surface area (TPSA) is 40.2 Å². The molecule has 9 rings (SSSR count). The van der Waals surface area contributed by atoms with Crippen LogP contribution in [0.1, 0.15) is 77.6 Å². The fraction of sp³-hybridized carbons (Fsp3) is 0.302. The Hall–Kier alpha value is -4.13. The molecule has 2 fully saturated rings. The van der Waals surface area contributed by atoms with Crippen molar-refractivity contribution in [2.75, 3.05) is 4.90 Å². The Morgan fingerprint density at radius 1 is 0.420 bits per heavy atom. The molecule has 5 aromatic rings. The first-order chi connectivity index (χ1) is 23.8. The molecule has 0 amide bonds. The number of fused-ring (bicyclic) bond motifs is 9. The lowest BCUT2D eigenvalue weighted by molar-refractivity contribution is 0.00578. The minimum atomic E-state index is -0.636. The number of hydrogen-bond acceptors (Lipinski definition) is 5. The van der Waals surface area contributed by atoms with Crippen molar-refractivity contribution in [3.05, 3.63) is 138 Å². The van der Waals surface area contributed by atoms with Gasteiger partial charge in [0.1, 0.15) is 0 Å². The van der Waals surface area contributed by atoms with Crippen molar-refractivity contribution in [2.24, 2.45) is 0 Å². The highest BCUT2D eigenvalue weighted by Crippen LogP contribution is 2.63. The Morgan fingerprint density at radius 3 is 1.22 bits per heavy atom. The summed E-state index contributed by atoms with van der Waals surface area (Å²) in [6.07, 6.45) is 0. The third-order valence-corrected chi connectivity index (χ3v) is 12.3. The van der Waals surface area contributed by atoms with E-state index in [-0.39, 0.29) is 0 Å². The quantitative estimate of drug-likeness (QED) is 0.178. The van der Waals surface area contributed by atoms with E-state index in [1.54, 1.807) is 0 Å². The van der Waals surface area contributed by atoms with Gasteiger partial charge in [-0.3, -0.25) is 0 Å². The second-order valence-corrected chi connectivity index (χ2v) is 16.2. The molecule has 0 unspecified atom stereocenters. The standard InChI is InChI=1S/C43H43B2NO4/c1-39(2)40(3,4)48-44(47-39)28-22-24-31-32-25-23-29(45-49-41(5,6)42(7,8)50-45)27-36(32)43(35(31)26-28)33-18-12-14-20-37(33)46(30-16-10-9-11-17-30)38-21-15-13-19-34(38)43/h9-27H,1-8H3. The summed E-state index contributed by atoms with van der Waals surface area (Å²) >= 11 is 0. The van der Waals surface area contributed by atoms with Gasteiger partial charge in [0.05, 0.1) is 39.2 Å². The van der Waals surface area contributed by atoms with Crippen molar-refractivity contribution in [1.82, 2.24) is 0 Å². The van der Waals surface area contributed by atoms with Crippen LogP contribution in [0.2, 0.25) is 0 Å². The maximum Gasteiger partial charge on any atom is 0.494 e. The van der Waals surface area contributed by atoms with Gasteiger partial charge < -0.3 is 23.5 Å². The number of hydrogen-bond donors (Lipinski definition) is 0. The highest BCUT2D eigenvalue weighted by molar-refractivity contribution is 6.62. The molecule has 7 heteroatoms. The van der Waals surface area contributed by atoms with E-state index < -0.39 is 42.1 Å². The molecule has 1 spiro atoms. The third kappa shape index (κ3) is 4.24. The van der Waals surface area contributed by atoms with Crippen LogP contribution in [0.25, 0.3) is 11.1 Å². The van der Waals surface area contributed by atoms with Crippen LogP contribution in [0, 0.1) is 0 Å². The first-order valence-electron chi connectivity index (χ1n) is 17.8. The number of nitrogens with zero attached hydrogens (tertiary/aromatic N) is 1. The molecule has 1 aliphatic carbocycles. The molecule has 250 valence electrons. The fourth-order valence-electron chi connectivity index (χ4n) is 8.29. The molecule has 5 aromatic carbocycles. The molecule has 0 atom stereocenters. The van der Waals surface area contributed by atoms with Gasteiger partial charge in [-0.05, 0) is 124 Å². The second-order valence-electron chi connectivity index (χ2n) is 16.2. The predicted octanol–water partition coefficient (Wildman–Crippen LogP) is 8.43. The number of para-hydroxylation sites is 3. The summed E-state index contributed by atoms with van der Waals surface area (Å²) < 4.78 is 26.6. The molecular weight excluding hydrogens is 616 g/mol. The summed E-state index contributed by atoms with van der Waals surface area (Å²) in [6, 6.07) is 42.0. The van der Waals surface area contributed by atoms with Crippen LogP contribution >= 0.6 is 0 Å². The van der Waals surface area contributed by atoms with Crippen LogP contribution in [-0.4, -0.2) is 36.6 Å². The van der Waals surface area contributed by atoms with Gasteiger partial charge in [-0.15, -0.1) is 0 Å². The molecule has 50 heavy (non-hydrogen) atoms. The summed E-state index contributed by atoms with van der Waals surface area (Å²) in [5.41, 5.74) is 10.3. The first kappa shape index (κ1) is 31.8. The molecule has 0 bridgehead atoms. The van der Waals surface area contributed by atoms with Crippen LogP contribution < -0.4 is 15.8 Å². The Bertz CT molecular complexity index is 2010. The number of benzene rings is 5.